The molecule has 4 heterocycles. The van der Waals surface area contributed by atoms with Crippen LogP contribution in [0.2, 0.25) is 0 Å². The van der Waals surface area contributed by atoms with Gasteiger partial charge in [-0.2, -0.15) is 0 Å². The molecule has 0 aliphatic carbocycles. The van der Waals surface area contributed by atoms with Crippen LogP contribution in [0.4, 0.5) is 0 Å². The van der Waals surface area contributed by atoms with Crippen LogP contribution in [-0.2, 0) is 27.5 Å². The number of hydrogen-bond donors (Lipinski definition) is 0. The first kappa shape index (κ1) is 18.1. The summed E-state index contributed by atoms with van der Waals surface area (Å²) in [6.07, 6.45) is 4.89. The summed E-state index contributed by atoms with van der Waals surface area (Å²) < 4.78 is 11.7. The van der Waals surface area contributed by atoms with Gasteiger partial charge in [-0.25, -0.2) is 0 Å². The Morgan fingerprint density at radius 1 is 1.18 bits per heavy atom. The standard InChI is InChI=1S/C22H28N2O4/c25-20-3-1-2-8-23(20)10-16-6-7-22(28-11-16)14-24(15-22)21(26)17-4-5-18-12-27-13-19(18)9-17/h4-5,9,16H,1-3,6-8,10-15H2/t16-/m0/s1. The topological polar surface area (TPSA) is 59.1 Å². The van der Waals surface area contributed by atoms with E-state index in [4.69, 9.17) is 9.47 Å². The number of carbonyl (C=O) groups excluding carboxylic acids is 2. The van der Waals surface area contributed by atoms with Gasteiger partial charge in [-0.1, -0.05) is 6.07 Å². The van der Waals surface area contributed by atoms with E-state index in [1.807, 2.05) is 28.0 Å². The van der Waals surface area contributed by atoms with Crippen molar-refractivity contribution in [2.24, 2.45) is 5.92 Å². The molecule has 150 valence electrons. The fourth-order valence-electron chi connectivity index (χ4n) is 4.96. The first-order valence-corrected chi connectivity index (χ1v) is 10.5. The van der Waals surface area contributed by atoms with Crippen LogP contribution in [0.1, 0.15) is 53.6 Å². The van der Waals surface area contributed by atoms with Crippen LogP contribution in [0, 0.1) is 5.92 Å². The Morgan fingerprint density at radius 2 is 2.04 bits per heavy atom. The normalized spacial score (nSPS) is 26.3. The summed E-state index contributed by atoms with van der Waals surface area (Å²) in [5.41, 5.74) is 2.89. The molecule has 3 fully saturated rings. The number of piperidine rings is 1. The van der Waals surface area contributed by atoms with E-state index in [-0.39, 0.29) is 11.5 Å². The van der Waals surface area contributed by atoms with Crippen molar-refractivity contribution in [3.63, 3.8) is 0 Å². The molecule has 4 aliphatic heterocycles. The van der Waals surface area contributed by atoms with Gasteiger partial charge in [-0.15, -0.1) is 0 Å². The Kier molecular flexibility index (Phi) is 4.63. The summed E-state index contributed by atoms with van der Waals surface area (Å²) in [6.45, 7) is 5.02. The number of benzene rings is 1. The van der Waals surface area contributed by atoms with E-state index in [2.05, 4.69) is 0 Å². The molecule has 28 heavy (non-hydrogen) atoms. The molecule has 0 N–H and O–H groups in total. The smallest absolute Gasteiger partial charge is 0.254 e. The maximum Gasteiger partial charge on any atom is 0.254 e. The third kappa shape index (κ3) is 3.33. The number of ether oxygens (including phenoxy) is 2. The molecule has 5 rings (SSSR count). The minimum atomic E-state index is -0.169. The van der Waals surface area contributed by atoms with Crippen LogP contribution < -0.4 is 0 Å². The van der Waals surface area contributed by atoms with Crippen LogP contribution in [0.25, 0.3) is 0 Å². The lowest BCUT2D eigenvalue weighted by molar-refractivity contribution is -0.170. The second kappa shape index (κ2) is 7.16. The molecular weight excluding hydrogens is 356 g/mol. The Hall–Kier alpha value is -1.92. The van der Waals surface area contributed by atoms with Crippen molar-refractivity contribution in [3.05, 3.63) is 34.9 Å². The molecule has 3 saturated heterocycles. The minimum Gasteiger partial charge on any atom is -0.372 e. The third-order valence-corrected chi connectivity index (χ3v) is 6.75. The maximum atomic E-state index is 12.8. The lowest BCUT2D eigenvalue weighted by atomic mass is 9.82. The fourth-order valence-corrected chi connectivity index (χ4v) is 4.96. The first-order valence-electron chi connectivity index (χ1n) is 10.5. The number of rotatable bonds is 3. The molecule has 1 atom stereocenters. The van der Waals surface area contributed by atoms with Gasteiger partial charge in [0.05, 0.1) is 32.9 Å². The highest BCUT2D eigenvalue weighted by atomic mass is 16.5. The van der Waals surface area contributed by atoms with Gasteiger partial charge >= 0.3 is 0 Å². The second-order valence-corrected chi connectivity index (χ2v) is 8.83. The number of nitrogens with zero attached hydrogens (tertiary/aromatic N) is 2. The highest BCUT2D eigenvalue weighted by molar-refractivity contribution is 5.95. The molecular formula is C22H28N2O4. The predicted octanol–water partition coefficient (Wildman–Crippen LogP) is 2.35. The Bertz CT molecular complexity index is 777. The Morgan fingerprint density at radius 3 is 2.82 bits per heavy atom. The zero-order valence-electron chi connectivity index (χ0n) is 16.3. The summed E-state index contributed by atoms with van der Waals surface area (Å²) >= 11 is 0. The first-order chi connectivity index (χ1) is 13.6. The lowest BCUT2D eigenvalue weighted by Gasteiger charge is -2.53. The summed E-state index contributed by atoms with van der Waals surface area (Å²) in [7, 11) is 0. The largest absolute Gasteiger partial charge is 0.372 e. The molecule has 0 radical (unpaired) electrons. The number of likely N-dealkylation sites (tertiary alicyclic amines) is 2. The number of fused-ring (bicyclic) bond motifs is 1. The second-order valence-electron chi connectivity index (χ2n) is 8.83. The van der Waals surface area contributed by atoms with Gasteiger partial charge in [0.2, 0.25) is 5.91 Å². The molecule has 6 nitrogen and oxygen atoms in total. The molecule has 1 aromatic rings. The van der Waals surface area contributed by atoms with Gasteiger partial charge in [-0.3, -0.25) is 9.59 Å². The maximum absolute atomic E-state index is 12.8. The van der Waals surface area contributed by atoms with E-state index in [0.717, 1.165) is 49.9 Å². The minimum absolute atomic E-state index is 0.0879. The average molecular weight is 384 g/mol. The molecule has 2 amide bonds. The highest BCUT2D eigenvalue weighted by Crippen LogP contribution is 2.37. The van der Waals surface area contributed by atoms with E-state index in [1.165, 1.54) is 5.56 Å². The number of hydrogen-bond acceptors (Lipinski definition) is 4. The van der Waals surface area contributed by atoms with E-state index in [1.54, 1.807) is 0 Å². The van der Waals surface area contributed by atoms with Crippen molar-refractivity contribution in [1.29, 1.82) is 0 Å². The van der Waals surface area contributed by atoms with Gasteiger partial charge in [0.15, 0.2) is 0 Å². The lowest BCUT2D eigenvalue weighted by Crippen LogP contribution is -2.66. The predicted molar refractivity (Wildman–Crippen MR) is 103 cm³/mol. The van der Waals surface area contributed by atoms with Crippen molar-refractivity contribution >= 4 is 11.8 Å². The van der Waals surface area contributed by atoms with Crippen molar-refractivity contribution < 1.29 is 19.1 Å². The molecule has 0 saturated carbocycles. The molecule has 1 aromatic carbocycles. The average Bonchev–Trinajstić information content (AvgIpc) is 3.16. The van der Waals surface area contributed by atoms with Crippen LogP contribution in [0.15, 0.2) is 18.2 Å². The summed E-state index contributed by atoms with van der Waals surface area (Å²) in [4.78, 5) is 28.7. The quantitative estimate of drug-likeness (QED) is 0.803. The molecule has 1 spiro atoms. The highest BCUT2D eigenvalue weighted by Gasteiger charge is 2.48. The van der Waals surface area contributed by atoms with Crippen LogP contribution in [-0.4, -0.2) is 60.0 Å². The Labute approximate surface area is 165 Å². The monoisotopic (exact) mass is 384 g/mol. The van der Waals surface area contributed by atoms with Gasteiger partial charge in [0.1, 0.15) is 5.60 Å². The zero-order chi connectivity index (χ0) is 19.1. The molecule has 4 aliphatic rings. The van der Waals surface area contributed by atoms with Gasteiger partial charge in [0, 0.05) is 31.0 Å². The zero-order valence-corrected chi connectivity index (χ0v) is 16.3. The van der Waals surface area contributed by atoms with Crippen molar-refractivity contribution in [2.75, 3.05) is 32.8 Å². The molecule has 6 heteroatoms. The van der Waals surface area contributed by atoms with Crippen molar-refractivity contribution in [3.8, 4) is 0 Å². The van der Waals surface area contributed by atoms with E-state index >= 15 is 0 Å². The fraction of sp³-hybridized carbons (Fsp3) is 0.636. The van der Waals surface area contributed by atoms with Gasteiger partial charge in [-0.05, 0) is 48.9 Å². The SMILES string of the molecule is O=C1CCCCN1C[C@@H]1CCC2(CN(C(=O)c3ccc4c(c3)COC4)C2)OC1. The summed E-state index contributed by atoms with van der Waals surface area (Å²) in [5, 5.41) is 0. The molecule has 0 unspecified atom stereocenters. The van der Waals surface area contributed by atoms with Gasteiger partial charge < -0.3 is 19.3 Å². The molecule has 0 aromatic heterocycles. The third-order valence-electron chi connectivity index (χ3n) is 6.75. The van der Waals surface area contributed by atoms with Crippen LogP contribution in [0.5, 0.6) is 0 Å². The van der Waals surface area contributed by atoms with Crippen molar-refractivity contribution in [1.82, 2.24) is 9.80 Å². The van der Waals surface area contributed by atoms with Crippen LogP contribution >= 0.6 is 0 Å². The van der Waals surface area contributed by atoms with E-state index < -0.39 is 0 Å². The molecule has 0 bridgehead atoms. The van der Waals surface area contributed by atoms with Gasteiger partial charge in [0.25, 0.3) is 5.91 Å². The summed E-state index contributed by atoms with van der Waals surface area (Å²) in [5.74, 6) is 0.811. The summed E-state index contributed by atoms with van der Waals surface area (Å²) in [6, 6.07) is 5.89. The van der Waals surface area contributed by atoms with Crippen molar-refractivity contribution in [2.45, 2.75) is 50.9 Å². The van der Waals surface area contributed by atoms with E-state index in [9.17, 15) is 9.59 Å². The number of carbonyl (C=O) groups is 2. The number of amides is 2. The Balaban J connectivity index is 1.13. The van der Waals surface area contributed by atoms with Crippen LogP contribution in [0.3, 0.4) is 0 Å². The van der Waals surface area contributed by atoms with E-state index in [0.29, 0.717) is 51.2 Å².